The van der Waals surface area contributed by atoms with Gasteiger partial charge in [0.05, 0.1) is 12.2 Å². The van der Waals surface area contributed by atoms with Gasteiger partial charge in [0.1, 0.15) is 0 Å². The van der Waals surface area contributed by atoms with Gasteiger partial charge in [0.2, 0.25) is 0 Å². The molecule has 27 heavy (non-hydrogen) atoms. The van der Waals surface area contributed by atoms with Gasteiger partial charge >= 0.3 is 0 Å². The molecule has 0 amide bonds. The Morgan fingerprint density at radius 2 is 1.00 bits per heavy atom. The highest BCUT2D eigenvalue weighted by Crippen LogP contribution is 2.39. The number of hydrogen-bond acceptors (Lipinski definition) is 3. The fourth-order valence-corrected chi connectivity index (χ4v) is 7.42. The predicted octanol–water partition coefficient (Wildman–Crippen LogP) is 8.25. The molecule has 3 heteroatoms. The largest absolute Gasteiger partial charge is 0.373 e. The molecule has 0 aromatic carbocycles. The van der Waals surface area contributed by atoms with Gasteiger partial charge in [0, 0.05) is 10.5 Å². The molecule has 2 rings (SSSR count). The van der Waals surface area contributed by atoms with E-state index in [1.807, 2.05) is 0 Å². The molecule has 0 aliphatic carbocycles. The smallest absolute Gasteiger partial charge is 0.0705 e. The third-order valence-electron chi connectivity index (χ3n) is 6.33. The molecule has 0 bridgehead atoms. The van der Waals surface area contributed by atoms with Crippen molar-refractivity contribution < 1.29 is 4.74 Å². The molecule has 1 nitrogen and oxygen atoms in total. The van der Waals surface area contributed by atoms with Gasteiger partial charge in [-0.15, -0.1) is 0 Å². The zero-order chi connectivity index (χ0) is 19.2. The number of hydrogen-bond donors (Lipinski definition) is 0. The maximum absolute atomic E-state index is 6.75. The SMILES string of the molecule is CCCCCCCCC1SCCC1OC1CCSC1CCCCCCCC. The van der Waals surface area contributed by atoms with Crippen LogP contribution in [-0.2, 0) is 4.74 Å². The molecular formula is C24H46OS2. The lowest BCUT2D eigenvalue weighted by Gasteiger charge is -2.27. The van der Waals surface area contributed by atoms with E-state index in [4.69, 9.17) is 4.74 Å². The summed E-state index contributed by atoms with van der Waals surface area (Å²) in [6.07, 6.45) is 23.5. The van der Waals surface area contributed by atoms with Crippen LogP contribution in [0.1, 0.15) is 117 Å². The van der Waals surface area contributed by atoms with Gasteiger partial charge < -0.3 is 4.74 Å². The molecule has 0 aromatic rings. The van der Waals surface area contributed by atoms with Crippen molar-refractivity contribution in [3.8, 4) is 0 Å². The molecule has 0 N–H and O–H groups in total. The van der Waals surface area contributed by atoms with Crippen LogP contribution in [0.2, 0.25) is 0 Å². The minimum absolute atomic E-state index is 0.557. The first-order chi connectivity index (χ1) is 13.3. The van der Waals surface area contributed by atoms with Crippen LogP contribution in [0, 0.1) is 0 Å². The lowest BCUT2D eigenvalue weighted by atomic mass is 10.0. The molecule has 0 radical (unpaired) electrons. The standard InChI is InChI=1S/C24H46OS2/c1-3-5-7-9-11-13-15-23-21(17-19-26-23)25-22-18-20-27-24(22)16-14-12-10-8-6-4-2/h21-24H,3-20H2,1-2H3. The molecular weight excluding hydrogens is 368 g/mol. The van der Waals surface area contributed by atoms with Crippen molar-refractivity contribution in [1.29, 1.82) is 0 Å². The Kier molecular flexibility index (Phi) is 13.7. The first-order valence-electron chi connectivity index (χ1n) is 12.2. The molecule has 2 saturated heterocycles. The Labute approximate surface area is 178 Å². The highest BCUT2D eigenvalue weighted by molar-refractivity contribution is 8.00. The molecule has 2 aliphatic heterocycles. The summed E-state index contributed by atoms with van der Waals surface area (Å²) in [7, 11) is 0. The van der Waals surface area contributed by atoms with E-state index in [9.17, 15) is 0 Å². The zero-order valence-electron chi connectivity index (χ0n) is 18.3. The molecule has 2 aliphatic rings. The van der Waals surface area contributed by atoms with E-state index in [1.54, 1.807) is 0 Å². The number of thioether (sulfide) groups is 2. The van der Waals surface area contributed by atoms with Crippen molar-refractivity contribution in [2.45, 2.75) is 139 Å². The molecule has 160 valence electrons. The summed E-state index contributed by atoms with van der Waals surface area (Å²) in [4.78, 5) is 0. The van der Waals surface area contributed by atoms with Gasteiger partial charge in [-0.1, -0.05) is 90.9 Å². The summed E-state index contributed by atoms with van der Waals surface area (Å²) in [6, 6.07) is 0. The van der Waals surface area contributed by atoms with Crippen molar-refractivity contribution in [1.82, 2.24) is 0 Å². The average molecular weight is 415 g/mol. The van der Waals surface area contributed by atoms with Crippen LogP contribution >= 0.6 is 23.5 Å². The van der Waals surface area contributed by atoms with Crippen LogP contribution in [0.5, 0.6) is 0 Å². The fourth-order valence-electron chi connectivity index (χ4n) is 4.58. The van der Waals surface area contributed by atoms with Crippen molar-refractivity contribution in [2.75, 3.05) is 11.5 Å². The normalized spacial score (nSPS) is 28.2. The zero-order valence-corrected chi connectivity index (χ0v) is 19.9. The van der Waals surface area contributed by atoms with E-state index < -0.39 is 0 Å². The Bertz CT molecular complexity index is 317. The molecule has 0 aromatic heterocycles. The van der Waals surface area contributed by atoms with Crippen molar-refractivity contribution in [3.05, 3.63) is 0 Å². The number of rotatable bonds is 16. The van der Waals surface area contributed by atoms with Crippen molar-refractivity contribution >= 4 is 23.5 Å². The van der Waals surface area contributed by atoms with E-state index in [2.05, 4.69) is 37.4 Å². The Balaban J connectivity index is 1.60. The Morgan fingerprint density at radius 1 is 0.593 bits per heavy atom. The third-order valence-corrected chi connectivity index (χ3v) is 9.21. The lowest BCUT2D eigenvalue weighted by Crippen LogP contribution is -2.31. The van der Waals surface area contributed by atoms with Gasteiger partial charge in [-0.05, 0) is 37.2 Å². The second-order valence-electron chi connectivity index (χ2n) is 8.72. The second-order valence-corrected chi connectivity index (χ2v) is 11.4. The van der Waals surface area contributed by atoms with Crippen LogP contribution in [0.25, 0.3) is 0 Å². The predicted molar refractivity (Wildman–Crippen MR) is 126 cm³/mol. The maximum Gasteiger partial charge on any atom is 0.0705 e. The quantitative estimate of drug-likeness (QED) is 0.235. The van der Waals surface area contributed by atoms with Crippen LogP contribution < -0.4 is 0 Å². The molecule has 2 heterocycles. The van der Waals surface area contributed by atoms with E-state index in [-0.39, 0.29) is 0 Å². The minimum atomic E-state index is 0.557. The maximum atomic E-state index is 6.75. The van der Waals surface area contributed by atoms with Gasteiger partial charge in [-0.2, -0.15) is 23.5 Å². The van der Waals surface area contributed by atoms with Gasteiger partial charge in [0.15, 0.2) is 0 Å². The van der Waals surface area contributed by atoms with Gasteiger partial charge in [-0.3, -0.25) is 0 Å². The fraction of sp³-hybridized carbons (Fsp3) is 1.00. The van der Waals surface area contributed by atoms with E-state index >= 15 is 0 Å². The van der Waals surface area contributed by atoms with Crippen molar-refractivity contribution in [3.63, 3.8) is 0 Å². The highest BCUT2D eigenvalue weighted by Gasteiger charge is 2.35. The minimum Gasteiger partial charge on any atom is -0.373 e. The van der Waals surface area contributed by atoms with E-state index in [0.29, 0.717) is 12.2 Å². The van der Waals surface area contributed by atoms with Crippen molar-refractivity contribution in [2.24, 2.45) is 0 Å². The first-order valence-corrected chi connectivity index (χ1v) is 14.3. The lowest BCUT2D eigenvalue weighted by molar-refractivity contribution is -0.0112. The molecule has 0 spiro atoms. The molecule has 4 unspecified atom stereocenters. The summed E-state index contributed by atoms with van der Waals surface area (Å²) in [5.41, 5.74) is 0. The Morgan fingerprint density at radius 3 is 1.44 bits per heavy atom. The first kappa shape index (κ1) is 23.9. The second kappa shape index (κ2) is 15.5. The third kappa shape index (κ3) is 9.81. The Hall–Kier alpha value is 0.660. The highest BCUT2D eigenvalue weighted by atomic mass is 32.2. The average Bonchev–Trinajstić information content (AvgIpc) is 3.31. The van der Waals surface area contributed by atoms with E-state index in [0.717, 1.165) is 10.5 Å². The van der Waals surface area contributed by atoms with E-state index in [1.165, 1.54) is 114 Å². The molecule has 4 atom stereocenters. The summed E-state index contributed by atoms with van der Waals surface area (Å²) in [5, 5.41) is 1.58. The van der Waals surface area contributed by atoms with Crippen LogP contribution in [0.4, 0.5) is 0 Å². The van der Waals surface area contributed by atoms with Crippen LogP contribution in [0.3, 0.4) is 0 Å². The van der Waals surface area contributed by atoms with Gasteiger partial charge in [-0.25, -0.2) is 0 Å². The molecule has 2 fully saturated rings. The summed E-state index contributed by atoms with van der Waals surface area (Å²) < 4.78 is 6.75. The number of ether oxygens (including phenoxy) is 1. The van der Waals surface area contributed by atoms with Crippen LogP contribution in [-0.4, -0.2) is 34.2 Å². The monoisotopic (exact) mass is 414 g/mol. The summed E-state index contributed by atoms with van der Waals surface area (Å²) >= 11 is 4.40. The topological polar surface area (TPSA) is 9.23 Å². The molecule has 0 saturated carbocycles. The number of unbranched alkanes of at least 4 members (excludes halogenated alkanes) is 10. The van der Waals surface area contributed by atoms with Crippen LogP contribution in [0.15, 0.2) is 0 Å². The van der Waals surface area contributed by atoms with Gasteiger partial charge in [0.25, 0.3) is 0 Å². The summed E-state index contributed by atoms with van der Waals surface area (Å²) in [6.45, 7) is 4.61. The summed E-state index contributed by atoms with van der Waals surface area (Å²) in [5.74, 6) is 2.65.